The molecule has 1 aromatic rings. The van der Waals surface area contributed by atoms with Gasteiger partial charge in [-0.1, -0.05) is 17.4 Å². The fraction of sp³-hybridized carbons (Fsp3) is 0.222. The average Bonchev–Trinajstić information content (AvgIpc) is 2.15. The van der Waals surface area contributed by atoms with Crippen molar-refractivity contribution in [3.63, 3.8) is 0 Å². The first kappa shape index (κ1) is 14.7. The summed E-state index contributed by atoms with van der Waals surface area (Å²) in [4.78, 5) is 10.4. The van der Waals surface area contributed by atoms with Crippen LogP contribution >= 0.6 is 0 Å². The molecule has 1 aromatic carbocycles. The first-order valence-corrected chi connectivity index (χ1v) is 4.00. The van der Waals surface area contributed by atoms with Gasteiger partial charge >= 0.3 is 51.4 Å². The normalized spacial score (nSPS) is 9.73. The molecule has 0 aromatic heterocycles. The van der Waals surface area contributed by atoms with E-state index in [4.69, 9.17) is 0 Å². The van der Waals surface area contributed by atoms with Gasteiger partial charge in [0.1, 0.15) is 0 Å². The van der Waals surface area contributed by atoms with Gasteiger partial charge in [0.2, 0.25) is 0 Å². The van der Waals surface area contributed by atoms with E-state index in [0.29, 0.717) is 5.69 Å². The molecule has 15 heavy (non-hydrogen) atoms. The smallest absolute Gasteiger partial charge is 0.545 e. The van der Waals surface area contributed by atoms with Gasteiger partial charge in [0, 0.05) is 14.1 Å². The molecule has 1 rings (SSSR count). The third-order valence-electron chi connectivity index (χ3n) is 1.44. The number of carboxylic acid groups (broad SMARTS) is 1. The number of hydrogen-bond acceptors (Lipinski definition) is 4. The number of carbonyl (C=O) groups is 1. The fourth-order valence-corrected chi connectivity index (χ4v) is 0.805. The summed E-state index contributed by atoms with van der Waals surface area (Å²) in [7, 11) is 3.50. The molecule has 0 fully saturated rings. The van der Waals surface area contributed by atoms with Crippen LogP contribution in [0.5, 0.6) is 0 Å². The molecule has 0 bridgehead atoms. The second kappa shape index (κ2) is 7.07. The topological polar surface area (TPSA) is 68.1 Å². The van der Waals surface area contributed by atoms with Crippen molar-refractivity contribution in [1.82, 2.24) is 5.01 Å². The van der Waals surface area contributed by atoms with Gasteiger partial charge in [-0.3, -0.25) is 5.01 Å². The fourth-order valence-electron chi connectivity index (χ4n) is 0.805. The molecule has 0 heterocycles. The minimum Gasteiger partial charge on any atom is -0.545 e. The molecule has 0 aliphatic rings. The Kier molecular flexibility index (Phi) is 6.95. The van der Waals surface area contributed by atoms with E-state index >= 15 is 0 Å². The van der Waals surface area contributed by atoms with Gasteiger partial charge in [0.25, 0.3) is 0 Å². The summed E-state index contributed by atoms with van der Waals surface area (Å²) in [5.74, 6) is -1.19. The molecule has 5 nitrogen and oxygen atoms in total. The number of aromatic carboxylic acids is 1. The molecule has 6 heteroatoms. The van der Waals surface area contributed by atoms with E-state index in [-0.39, 0.29) is 56.9 Å². The van der Waals surface area contributed by atoms with E-state index in [0.717, 1.165) is 0 Å². The van der Waals surface area contributed by atoms with Crippen LogP contribution in [0.25, 0.3) is 0 Å². The average molecular weight is 231 g/mol. The van der Waals surface area contributed by atoms with Gasteiger partial charge in [0.05, 0.1) is 11.7 Å². The van der Waals surface area contributed by atoms with Crippen molar-refractivity contribution in [3.05, 3.63) is 29.8 Å². The second-order valence-corrected chi connectivity index (χ2v) is 2.87. The molecule has 0 saturated heterocycles. The predicted octanol–water partition coefficient (Wildman–Crippen LogP) is -2.39. The van der Waals surface area contributed by atoms with Crippen LogP contribution in [0.1, 0.15) is 10.4 Å². The van der Waals surface area contributed by atoms with Crippen LogP contribution in [0, 0.1) is 0 Å². The summed E-state index contributed by atoms with van der Waals surface area (Å²) >= 11 is 0. The molecule has 0 amide bonds. The van der Waals surface area contributed by atoms with Crippen molar-refractivity contribution in [2.75, 3.05) is 14.1 Å². The van der Waals surface area contributed by atoms with E-state index in [1.807, 2.05) is 0 Å². The van der Waals surface area contributed by atoms with E-state index in [1.54, 1.807) is 31.2 Å². The van der Waals surface area contributed by atoms with Crippen molar-refractivity contribution >= 4 is 11.7 Å². The molecular weight excluding hydrogens is 221 g/mol. The van der Waals surface area contributed by atoms with Crippen LogP contribution in [0.15, 0.2) is 34.6 Å². The maximum absolute atomic E-state index is 10.4. The summed E-state index contributed by atoms with van der Waals surface area (Å²) in [5.41, 5.74) is 0.734. The van der Waals surface area contributed by atoms with E-state index in [1.165, 1.54) is 12.1 Å². The van der Waals surface area contributed by atoms with Gasteiger partial charge in [0.15, 0.2) is 0 Å². The van der Waals surface area contributed by atoms with Crippen molar-refractivity contribution in [3.8, 4) is 0 Å². The van der Waals surface area contributed by atoms with Gasteiger partial charge in [-0.25, -0.2) is 0 Å². The Labute approximate surface area is 131 Å². The Bertz CT molecular complexity index is 349. The standard InChI is InChI=1S/C9H11N3O2.K/c1-12(2)11-10-8-5-3-7(4-6-8)9(13)14;/h3-6H,1-2H3,(H,13,14);/q;+1/p-1. The van der Waals surface area contributed by atoms with Crippen molar-refractivity contribution < 1.29 is 61.3 Å². The summed E-state index contributed by atoms with van der Waals surface area (Å²) in [6.45, 7) is 0. The molecular formula is C9H10KN3O2. The van der Waals surface area contributed by atoms with Crippen molar-refractivity contribution in [2.24, 2.45) is 10.3 Å². The van der Waals surface area contributed by atoms with Gasteiger partial charge in [-0.05, 0) is 17.7 Å². The Morgan fingerprint density at radius 3 is 2.20 bits per heavy atom. The van der Waals surface area contributed by atoms with Gasteiger partial charge in [-0.15, -0.1) is 5.11 Å². The predicted molar refractivity (Wildman–Crippen MR) is 49.0 cm³/mol. The molecule has 0 spiro atoms. The SMILES string of the molecule is CN(C)N=Nc1ccc(C(=O)[O-])cc1.[K+]. The van der Waals surface area contributed by atoms with E-state index in [9.17, 15) is 9.90 Å². The third-order valence-corrected chi connectivity index (χ3v) is 1.44. The first-order valence-electron chi connectivity index (χ1n) is 4.00. The largest absolute Gasteiger partial charge is 1.00 e. The number of carbonyl (C=O) groups excluding carboxylic acids is 1. The second-order valence-electron chi connectivity index (χ2n) is 2.87. The van der Waals surface area contributed by atoms with Crippen LogP contribution < -0.4 is 56.5 Å². The minimum absolute atomic E-state index is 0. The molecule has 0 radical (unpaired) electrons. The number of rotatable bonds is 3. The molecule has 0 N–H and O–H groups in total. The van der Waals surface area contributed by atoms with E-state index < -0.39 is 5.97 Å². The van der Waals surface area contributed by atoms with Crippen LogP contribution in [0.4, 0.5) is 5.69 Å². The first-order chi connectivity index (χ1) is 6.59. The Hall–Kier alpha value is -0.274. The third kappa shape index (κ3) is 5.38. The molecule has 0 saturated carbocycles. The number of carboxylic acids is 1. The quantitative estimate of drug-likeness (QED) is 0.331. The van der Waals surface area contributed by atoms with Crippen molar-refractivity contribution in [1.29, 1.82) is 0 Å². The Morgan fingerprint density at radius 2 is 1.80 bits per heavy atom. The molecule has 0 unspecified atom stereocenters. The van der Waals surface area contributed by atoms with Crippen LogP contribution in [-0.4, -0.2) is 25.1 Å². The maximum atomic E-state index is 10.4. The summed E-state index contributed by atoms with van der Waals surface area (Å²) in [5, 5.41) is 19.6. The zero-order valence-corrected chi connectivity index (χ0v) is 12.1. The van der Waals surface area contributed by atoms with Crippen LogP contribution in [0.2, 0.25) is 0 Å². The van der Waals surface area contributed by atoms with Crippen molar-refractivity contribution in [2.45, 2.75) is 0 Å². The number of hydrogen-bond donors (Lipinski definition) is 0. The van der Waals surface area contributed by atoms with E-state index in [2.05, 4.69) is 10.3 Å². The van der Waals surface area contributed by atoms with Gasteiger partial charge < -0.3 is 9.90 Å². The minimum atomic E-state index is -1.19. The number of nitrogens with zero attached hydrogens (tertiary/aromatic N) is 3. The molecule has 0 aliphatic carbocycles. The summed E-state index contributed by atoms with van der Waals surface area (Å²) < 4.78 is 0. The summed E-state index contributed by atoms with van der Waals surface area (Å²) in [6, 6.07) is 6.00. The monoisotopic (exact) mass is 231 g/mol. The zero-order valence-electron chi connectivity index (χ0n) is 8.97. The Balaban J connectivity index is 0.00000196. The number of benzene rings is 1. The van der Waals surface area contributed by atoms with Crippen LogP contribution in [-0.2, 0) is 0 Å². The van der Waals surface area contributed by atoms with Gasteiger partial charge in [-0.2, -0.15) is 0 Å². The van der Waals surface area contributed by atoms with Crippen LogP contribution in [0.3, 0.4) is 0 Å². The zero-order chi connectivity index (χ0) is 10.6. The summed E-state index contributed by atoms with van der Waals surface area (Å²) in [6.07, 6.45) is 0. The molecule has 74 valence electrons. The molecule has 0 aliphatic heterocycles. The Morgan fingerprint density at radius 1 is 1.27 bits per heavy atom. The maximum Gasteiger partial charge on any atom is 1.00 e. The molecule has 0 atom stereocenters.